The summed E-state index contributed by atoms with van der Waals surface area (Å²) < 4.78 is 37.7. The van der Waals surface area contributed by atoms with Crippen molar-refractivity contribution in [3.05, 3.63) is 29.8 Å². The fraction of sp³-hybridized carbons (Fsp3) is 0.333. The van der Waals surface area contributed by atoms with E-state index in [1.165, 1.54) is 12.1 Å². The van der Waals surface area contributed by atoms with Crippen molar-refractivity contribution in [3.63, 3.8) is 0 Å². The van der Waals surface area contributed by atoms with Crippen LogP contribution >= 0.6 is 0 Å². The first-order valence-corrected chi connectivity index (χ1v) is 4.85. The van der Waals surface area contributed by atoms with E-state index in [-0.39, 0.29) is 5.69 Å². The third kappa shape index (κ3) is 3.50. The second kappa shape index (κ2) is 5.45. The van der Waals surface area contributed by atoms with E-state index in [4.69, 9.17) is 0 Å². The molecule has 1 N–H and O–H groups in total. The standard InChI is InChI=1S/C12H12F3N/c1-2-3-6-9-16-11-8-5-4-7-10(11)12(13,14)15/h4-5,7-8,16H,6,9H2,1H3. The summed E-state index contributed by atoms with van der Waals surface area (Å²) in [5, 5.41) is 2.73. The average molecular weight is 227 g/mol. The summed E-state index contributed by atoms with van der Waals surface area (Å²) in [6.45, 7) is 2.11. The van der Waals surface area contributed by atoms with Crippen LogP contribution < -0.4 is 5.32 Å². The summed E-state index contributed by atoms with van der Waals surface area (Å²) in [7, 11) is 0. The van der Waals surface area contributed by atoms with Gasteiger partial charge in [0.1, 0.15) is 0 Å². The zero-order chi connectivity index (χ0) is 12.0. The van der Waals surface area contributed by atoms with Crippen LogP contribution in [0.1, 0.15) is 18.9 Å². The molecule has 1 aromatic carbocycles. The van der Waals surface area contributed by atoms with Gasteiger partial charge in [0.15, 0.2) is 0 Å². The van der Waals surface area contributed by atoms with Crippen molar-refractivity contribution in [2.45, 2.75) is 19.5 Å². The van der Waals surface area contributed by atoms with E-state index >= 15 is 0 Å². The third-order valence-electron chi connectivity index (χ3n) is 1.97. The Morgan fingerprint density at radius 1 is 1.25 bits per heavy atom. The lowest BCUT2D eigenvalue weighted by Gasteiger charge is -2.13. The van der Waals surface area contributed by atoms with E-state index in [0.29, 0.717) is 13.0 Å². The highest BCUT2D eigenvalue weighted by Gasteiger charge is 2.32. The van der Waals surface area contributed by atoms with Gasteiger partial charge in [-0.1, -0.05) is 12.1 Å². The van der Waals surface area contributed by atoms with E-state index < -0.39 is 11.7 Å². The van der Waals surface area contributed by atoms with Crippen molar-refractivity contribution in [3.8, 4) is 11.8 Å². The average Bonchev–Trinajstić information content (AvgIpc) is 2.24. The first-order chi connectivity index (χ1) is 7.55. The molecule has 0 aliphatic heterocycles. The minimum Gasteiger partial charge on any atom is -0.384 e. The van der Waals surface area contributed by atoms with Gasteiger partial charge in [0.2, 0.25) is 0 Å². The van der Waals surface area contributed by atoms with E-state index in [1.54, 1.807) is 13.0 Å². The maximum absolute atomic E-state index is 12.6. The van der Waals surface area contributed by atoms with Gasteiger partial charge in [-0.15, -0.1) is 11.8 Å². The maximum Gasteiger partial charge on any atom is 0.418 e. The number of rotatable bonds is 3. The number of anilines is 1. The molecule has 0 saturated heterocycles. The predicted molar refractivity (Wildman–Crippen MR) is 58.0 cm³/mol. The third-order valence-corrected chi connectivity index (χ3v) is 1.97. The molecule has 0 unspecified atom stereocenters. The predicted octanol–water partition coefficient (Wildman–Crippen LogP) is 3.53. The second-order valence-electron chi connectivity index (χ2n) is 3.15. The Morgan fingerprint density at radius 3 is 2.56 bits per heavy atom. The maximum atomic E-state index is 12.6. The van der Waals surface area contributed by atoms with E-state index in [1.807, 2.05) is 0 Å². The van der Waals surface area contributed by atoms with Crippen molar-refractivity contribution >= 4 is 5.69 Å². The van der Waals surface area contributed by atoms with Crippen LogP contribution in [0.15, 0.2) is 24.3 Å². The van der Waals surface area contributed by atoms with Crippen molar-refractivity contribution in [2.24, 2.45) is 0 Å². The molecule has 0 aliphatic rings. The molecule has 0 aromatic heterocycles. The molecule has 0 radical (unpaired) electrons. The molecule has 1 rings (SSSR count). The minimum absolute atomic E-state index is 0.105. The van der Waals surface area contributed by atoms with Crippen LogP contribution in [-0.2, 0) is 6.18 Å². The molecule has 0 bridgehead atoms. The Labute approximate surface area is 92.7 Å². The Hall–Kier alpha value is -1.63. The van der Waals surface area contributed by atoms with Crippen LogP contribution in [-0.4, -0.2) is 6.54 Å². The molecule has 0 heterocycles. The van der Waals surface area contributed by atoms with Gasteiger partial charge in [-0.25, -0.2) is 0 Å². The van der Waals surface area contributed by atoms with Gasteiger partial charge in [0.05, 0.1) is 5.56 Å². The number of hydrogen-bond donors (Lipinski definition) is 1. The molecular weight excluding hydrogens is 215 g/mol. The minimum atomic E-state index is -4.32. The highest BCUT2D eigenvalue weighted by Crippen LogP contribution is 2.34. The van der Waals surface area contributed by atoms with Gasteiger partial charge in [0, 0.05) is 18.7 Å². The van der Waals surface area contributed by atoms with Crippen LogP contribution in [0.25, 0.3) is 0 Å². The smallest absolute Gasteiger partial charge is 0.384 e. The summed E-state index contributed by atoms with van der Waals surface area (Å²) >= 11 is 0. The van der Waals surface area contributed by atoms with Crippen molar-refractivity contribution in [1.82, 2.24) is 0 Å². The molecule has 16 heavy (non-hydrogen) atoms. The van der Waals surface area contributed by atoms with Crippen molar-refractivity contribution in [2.75, 3.05) is 11.9 Å². The van der Waals surface area contributed by atoms with E-state index in [2.05, 4.69) is 17.2 Å². The summed E-state index contributed by atoms with van der Waals surface area (Å²) in [5.74, 6) is 5.47. The number of alkyl halides is 3. The lowest BCUT2D eigenvalue weighted by molar-refractivity contribution is -0.136. The fourth-order valence-corrected chi connectivity index (χ4v) is 1.27. The summed E-state index contributed by atoms with van der Waals surface area (Å²) in [4.78, 5) is 0. The molecule has 0 amide bonds. The lowest BCUT2D eigenvalue weighted by Crippen LogP contribution is -2.11. The number of benzene rings is 1. The highest BCUT2D eigenvalue weighted by molar-refractivity contribution is 5.52. The van der Waals surface area contributed by atoms with Gasteiger partial charge in [0.25, 0.3) is 0 Å². The molecule has 1 nitrogen and oxygen atoms in total. The zero-order valence-electron chi connectivity index (χ0n) is 8.86. The van der Waals surface area contributed by atoms with Crippen LogP contribution in [0.2, 0.25) is 0 Å². The normalized spacial score (nSPS) is 10.5. The number of halogens is 3. The Bertz CT molecular complexity index is 399. The molecule has 0 spiro atoms. The SMILES string of the molecule is CC#CCCNc1ccccc1C(F)(F)F. The zero-order valence-corrected chi connectivity index (χ0v) is 8.86. The molecular formula is C12H12F3N. The van der Waals surface area contributed by atoms with Crippen LogP contribution in [0.5, 0.6) is 0 Å². The first-order valence-electron chi connectivity index (χ1n) is 4.85. The molecule has 0 saturated carbocycles. The Kier molecular flexibility index (Phi) is 4.24. The van der Waals surface area contributed by atoms with Crippen molar-refractivity contribution < 1.29 is 13.2 Å². The second-order valence-corrected chi connectivity index (χ2v) is 3.15. The van der Waals surface area contributed by atoms with Crippen LogP contribution in [0.4, 0.5) is 18.9 Å². The molecule has 1 aromatic rings. The quantitative estimate of drug-likeness (QED) is 0.615. The van der Waals surface area contributed by atoms with E-state index in [0.717, 1.165) is 6.07 Å². The number of hydrogen-bond acceptors (Lipinski definition) is 1. The van der Waals surface area contributed by atoms with Gasteiger partial charge in [-0.2, -0.15) is 13.2 Å². The Morgan fingerprint density at radius 2 is 1.94 bits per heavy atom. The first kappa shape index (κ1) is 12.4. The van der Waals surface area contributed by atoms with Crippen molar-refractivity contribution in [1.29, 1.82) is 0 Å². The molecule has 86 valence electrons. The lowest BCUT2D eigenvalue weighted by atomic mass is 10.1. The fourth-order valence-electron chi connectivity index (χ4n) is 1.27. The number of para-hydroxylation sites is 1. The van der Waals surface area contributed by atoms with Crippen LogP contribution in [0, 0.1) is 11.8 Å². The van der Waals surface area contributed by atoms with Gasteiger partial charge >= 0.3 is 6.18 Å². The summed E-state index contributed by atoms with van der Waals surface area (Å²) in [5.41, 5.74) is -0.535. The highest BCUT2D eigenvalue weighted by atomic mass is 19.4. The molecule has 4 heteroatoms. The number of nitrogens with one attached hydrogen (secondary N) is 1. The van der Waals surface area contributed by atoms with Gasteiger partial charge < -0.3 is 5.32 Å². The summed E-state index contributed by atoms with van der Waals surface area (Å²) in [6, 6.07) is 5.43. The topological polar surface area (TPSA) is 12.0 Å². The van der Waals surface area contributed by atoms with Gasteiger partial charge in [-0.3, -0.25) is 0 Å². The largest absolute Gasteiger partial charge is 0.418 e. The molecule has 0 atom stereocenters. The summed E-state index contributed by atoms with van der Waals surface area (Å²) in [6.07, 6.45) is -3.79. The Balaban J connectivity index is 2.74. The van der Waals surface area contributed by atoms with Crippen LogP contribution in [0.3, 0.4) is 0 Å². The van der Waals surface area contributed by atoms with Gasteiger partial charge in [-0.05, 0) is 19.1 Å². The monoisotopic (exact) mass is 227 g/mol. The van der Waals surface area contributed by atoms with E-state index in [9.17, 15) is 13.2 Å². The molecule has 0 fully saturated rings. The molecule has 0 aliphatic carbocycles.